The molecule has 0 radical (unpaired) electrons. The van der Waals surface area contributed by atoms with Crippen molar-refractivity contribution in [1.82, 2.24) is 10.3 Å². The zero-order chi connectivity index (χ0) is 13.5. The molecule has 1 heterocycles. The maximum atomic E-state index is 4.97. The summed E-state index contributed by atoms with van der Waals surface area (Å²) < 4.78 is 0. The fraction of sp³-hybridized carbons (Fsp3) is 0.812. The van der Waals surface area contributed by atoms with E-state index in [9.17, 15) is 0 Å². The summed E-state index contributed by atoms with van der Waals surface area (Å²) in [5.41, 5.74) is 1.47. The van der Waals surface area contributed by atoms with Crippen LogP contribution in [0.4, 0.5) is 0 Å². The Bertz CT molecular complexity index is 426. The maximum Gasteiger partial charge on any atom is 0.113 e. The molecule has 0 aromatic carbocycles. The minimum Gasteiger partial charge on any atom is -0.303 e. The Morgan fingerprint density at radius 1 is 1.26 bits per heavy atom. The van der Waals surface area contributed by atoms with Gasteiger partial charge >= 0.3 is 0 Å². The van der Waals surface area contributed by atoms with Crippen molar-refractivity contribution in [2.75, 3.05) is 0 Å². The average Bonchev–Trinajstić information content (AvgIpc) is 3.04. The third-order valence-corrected chi connectivity index (χ3v) is 5.77. The Kier molecular flexibility index (Phi) is 3.69. The molecule has 3 rings (SSSR count). The molecule has 0 bridgehead atoms. The first-order chi connectivity index (χ1) is 9.09. The summed E-state index contributed by atoms with van der Waals surface area (Å²) in [7, 11) is 0. The Morgan fingerprint density at radius 3 is 2.47 bits per heavy atom. The summed E-state index contributed by atoms with van der Waals surface area (Å²) in [6.07, 6.45) is 7.96. The average molecular weight is 278 g/mol. The lowest BCUT2D eigenvalue weighted by Crippen LogP contribution is -2.46. The smallest absolute Gasteiger partial charge is 0.113 e. The van der Waals surface area contributed by atoms with Crippen LogP contribution in [0.3, 0.4) is 0 Å². The number of nitrogens with zero attached hydrogens (tertiary/aromatic N) is 1. The number of thiazole rings is 1. The topological polar surface area (TPSA) is 24.9 Å². The van der Waals surface area contributed by atoms with Crippen LogP contribution in [0, 0.1) is 5.92 Å². The van der Waals surface area contributed by atoms with Gasteiger partial charge < -0.3 is 5.32 Å². The largest absolute Gasteiger partial charge is 0.303 e. The van der Waals surface area contributed by atoms with E-state index in [1.165, 1.54) is 49.2 Å². The molecule has 0 atom stereocenters. The lowest BCUT2D eigenvalue weighted by Gasteiger charge is -2.39. The molecule has 0 unspecified atom stereocenters. The minimum absolute atomic E-state index is 0.200. The first-order valence-corrected chi connectivity index (χ1v) is 8.70. The van der Waals surface area contributed by atoms with Gasteiger partial charge in [-0.15, -0.1) is 11.3 Å². The number of hydrogen-bond acceptors (Lipinski definition) is 3. The number of aromatic nitrogens is 1. The van der Waals surface area contributed by atoms with Gasteiger partial charge in [0.05, 0.1) is 11.2 Å². The van der Waals surface area contributed by atoms with Crippen molar-refractivity contribution in [1.29, 1.82) is 0 Å². The van der Waals surface area contributed by atoms with Crippen LogP contribution in [-0.2, 0) is 5.54 Å². The monoisotopic (exact) mass is 278 g/mol. The van der Waals surface area contributed by atoms with E-state index in [1.807, 2.05) is 11.3 Å². The number of nitrogens with one attached hydrogen (secondary N) is 1. The van der Waals surface area contributed by atoms with Gasteiger partial charge in [0.15, 0.2) is 0 Å². The number of hydrogen-bond donors (Lipinski definition) is 1. The van der Waals surface area contributed by atoms with Gasteiger partial charge in [0, 0.05) is 11.4 Å². The molecular formula is C16H26N2S. The van der Waals surface area contributed by atoms with E-state index in [0.29, 0.717) is 5.92 Å². The van der Waals surface area contributed by atoms with Gasteiger partial charge in [0.25, 0.3) is 0 Å². The third-order valence-electron chi connectivity index (χ3n) is 4.71. The lowest BCUT2D eigenvalue weighted by atomic mass is 9.77. The highest BCUT2D eigenvalue weighted by molar-refractivity contribution is 7.09. The Morgan fingerprint density at radius 2 is 1.95 bits per heavy atom. The molecule has 0 spiro atoms. The lowest BCUT2D eigenvalue weighted by molar-refractivity contribution is 0.193. The zero-order valence-corrected chi connectivity index (χ0v) is 13.2. The molecule has 2 aliphatic rings. The molecule has 2 saturated carbocycles. The SMILES string of the molecule is CC1CCC(NC2CC2)(c2nc(C(C)C)cs2)CC1. The normalized spacial score (nSPS) is 31.9. The van der Waals surface area contributed by atoms with Gasteiger partial charge in [-0.05, 0) is 50.4 Å². The maximum absolute atomic E-state index is 4.97. The molecule has 1 N–H and O–H groups in total. The fourth-order valence-electron chi connectivity index (χ4n) is 3.06. The highest BCUT2D eigenvalue weighted by atomic mass is 32.1. The minimum atomic E-state index is 0.200. The van der Waals surface area contributed by atoms with Gasteiger partial charge in [0.2, 0.25) is 0 Å². The molecule has 0 aliphatic heterocycles. The molecule has 2 aliphatic carbocycles. The molecule has 1 aromatic rings. The standard InChI is InChI=1S/C16H26N2S/c1-11(2)14-10-19-15(17-14)16(18-13-4-5-13)8-6-12(3)7-9-16/h10-13,18H,4-9H2,1-3H3. The predicted molar refractivity (Wildman–Crippen MR) is 81.7 cm³/mol. The van der Waals surface area contributed by atoms with Crippen LogP contribution in [-0.4, -0.2) is 11.0 Å². The molecule has 106 valence electrons. The fourth-order valence-corrected chi connectivity index (χ4v) is 4.27. The third kappa shape index (κ3) is 2.87. The summed E-state index contributed by atoms with van der Waals surface area (Å²) in [6.45, 7) is 6.87. The van der Waals surface area contributed by atoms with E-state index in [2.05, 4.69) is 31.5 Å². The highest BCUT2D eigenvalue weighted by Crippen LogP contribution is 2.43. The second-order valence-electron chi connectivity index (χ2n) is 6.92. The summed E-state index contributed by atoms with van der Waals surface area (Å²) in [5, 5.41) is 7.57. The predicted octanol–water partition coefficient (Wildman–Crippen LogP) is 4.42. The van der Waals surface area contributed by atoms with Crippen molar-refractivity contribution >= 4 is 11.3 Å². The summed E-state index contributed by atoms with van der Waals surface area (Å²) in [5.74, 6) is 1.43. The molecule has 19 heavy (non-hydrogen) atoms. The van der Waals surface area contributed by atoms with Crippen molar-refractivity contribution in [2.24, 2.45) is 5.92 Å². The Balaban J connectivity index is 1.84. The second kappa shape index (κ2) is 5.17. The van der Waals surface area contributed by atoms with Gasteiger partial charge in [-0.2, -0.15) is 0 Å². The van der Waals surface area contributed by atoms with Crippen molar-refractivity contribution in [3.8, 4) is 0 Å². The second-order valence-corrected chi connectivity index (χ2v) is 7.77. The van der Waals surface area contributed by atoms with Crippen LogP contribution < -0.4 is 5.32 Å². The van der Waals surface area contributed by atoms with Crippen molar-refractivity contribution in [3.05, 3.63) is 16.1 Å². The van der Waals surface area contributed by atoms with Gasteiger partial charge in [0.1, 0.15) is 5.01 Å². The zero-order valence-electron chi connectivity index (χ0n) is 12.4. The molecule has 0 amide bonds. The highest BCUT2D eigenvalue weighted by Gasteiger charge is 2.41. The van der Waals surface area contributed by atoms with Crippen LogP contribution in [0.15, 0.2) is 5.38 Å². The molecule has 2 fully saturated rings. The van der Waals surface area contributed by atoms with E-state index in [4.69, 9.17) is 4.98 Å². The quantitative estimate of drug-likeness (QED) is 0.881. The van der Waals surface area contributed by atoms with Crippen molar-refractivity contribution in [2.45, 2.75) is 76.8 Å². The first kappa shape index (κ1) is 13.6. The van der Waals surface area contributed by atoms with Crippen LogP contribution in [0.2, 0.25) is 0 Å². The van der Waals surface area contributed by atoms with E-state index in [-0.39, 0.29) is 5.54 Å². The van der Waals surface area contributed by atoms with Crippen LogP contribution in [0.5, 0.6) is 0 Å². The van der Waals surface area contributed by atoms with Gasteiger partial charge in [-0.1, -0.05) is 20.8 Å². The molecule has 1 aromatic heterocycles. The number of rotatable bonds is 4. The van der Waals surface area contributed by atoms with E-state index < -0.39 is 0 Å². The summed E-state index contributed by atoms with van der Waals surface area (Å²) in [6, 6.07) is 0.764. The molecular weight excluding hydrogens is 252 g/mol. The van der Waals surface area contributed by atoms with Crippen molar-refractivity contribution < 1.29 is 0 Å². The molecule has 0 saturated heterocycles. The van der Waals surface area contributed by atoms with Crippen molar-refractivity contribution in [3.63, 3.8) is 0 Å². The Hall–Kier alpha value is -0.410. The van der Waals surface area contributed by atoms with Crippen LogP contribution in [0.1, 0.15) is 75.9 Å². The van der Waals surface area contributed by atoms with Crippen LogP contribution >= 0.6 is 11.3 Å². The van der Waals surface area contributed by atoms with Gasteiger partial charge in [-0.25, -0.2) is 4.98 Å². The van der Waals surface area contributed by atoms with Crippen LogP contribution in [0.25, 0.3) is 0 Å². The van der Waals surface area contributed by atoms with Gasteiger partial charge in [-0.3, -0.25) is 0 Å². The molecule has 3 heteroatoms. The van der Waals surface area contributed by atoms with E-state index >= 15 is 0 Å². The first-order valence-electron chi connectivity index (χ1n) is 7.83. The van der Waals surface area contributed by atoms with E-state index in [0.717, 1.165) is 12.0 Å². The summed E-state index contributed by atoms with van der Waals surface area (Å²) >= 11 is 1.88. The Labute approximate surface area is 121 Å². The van der Waals surface area contributed by atoms with E-state index in [1.54, 1.807) is 0 Å². The molecule has 2 nitrogen and oxygen atoms in total. The summed E-state index contributed by atoms with van der Waals surface area (Å²) in [4.78, 5) is 4.97.